The second-order valence-electron chi connectivity index (χ2n) is 4.69. The Bertz CT molecular complexity index is 861. The van der Waals surface area contributed by atoms with Gasteiger partial charge < -0.3 is 10.1 Å². The molecule has 1 amide bonds. The summed E-state index contributed by atoms with van der Waals surface area (Å²) in [6.45, 7) is 0.106. The van der Waals surface area contributed by atoms with Crippen LogP contribution in [-0.4, -0.2) is 32.3 Å². The van der Waals surface area contributed by atoms with Crippen LogP contribution < -0.4 is 10.1 Å². The normalized spacial score (nSPS) is 11.5. The van der Waals surface area contributed by atoms with E-state index < -0.39 is 18.0 Å². The van der Waals surface area contributed by atoms with Crippen LogP contribution in [0.3, 0.4) is 0 Å². The van der Waals surface area contributed by atoms with Gasteiger partial charge >= 0.3 is 6.36 Å². The third-order valence-electron chi connectivity index (χ3n) is 3.04. The van der Waals surface area contributed by atoms with E-state index in [1.54, 1.807) is 18.3 Å². The van der Waals surface area contributed by atoms with Crippen LogP contribution in [0.5, 0.6) is 5.75 Å². The second kappa shape index (κ2) is 6.14. The second-order valence-corrected chi connectivity index (χ2v) is 4.69. The summed E-state index contributed by atoms with van der Waals surface area (Å²) in [6.07, 6.45) is -3.22. The van der Waals surface area contributed by atoms with Gasteiger partial charge in [0, 0.05) is 11.8 Å². The minimum absolute atomic E-state index is 0.106. The highest BCUT2D eigenvalue weighted by Crippen LogP contribution is 2.22. The van der Waals surface area contributed by atoms with Crippen molar-refractivity contribution in [1.29, 1.82) is 0 Å². The van der Waals surface area contributed by atoms with E-state index in [0.29, 0.717) is 11.2 Å². The van der Waals surface area contributed by atoms with Crippen molar-refractivity contribution in [2.45, 2.75) is 12.9 Å². The van der Waals surface area contributed by atoms with Crippen molar-refractivity contribution in [3.63, 3.8) is 0 Å². The van der Waals surface area contributed by atoms with E-state index in [2.05, 4.69) is 25.5 Å². The molecular weight excluding hydrogens is 327 g/mol. The van der Waals surface area contributed by atoms with Gasteiger partial charge in [0.15, 0.2) is 0 Å². The third-order valence-corrected chi connectivity index (χ3v) is 3.04. The summed E-state index contributed by atoms with van der Waals surface area (Å²) in [6, 6.07) is 8.07. The number of fused-ring (bicyclic) bond motifs is 1. The molecule has 2 aromatic heterocycles. The molecule has 7 nitrogen and oxygen atoms in total. The van der Waals surface area contributed by atoms with Gasteiger partial charge in [-0.3, -0.25) is 4.79 Å². The number of hydrogen-bond acceptors (Lipinski definition) is 5. The number of aromatic nitrogens is 4. The summed E-state index contributed by atoms with van der Waals surface area (Å²) in [5.41, 5.74) is 1.36. The molecule has 0 aliphatic heterocycles. The van der Waals surface area contributed by atoms with Crippen LogP contribution in [0.4, 0.5) is 13.2 Å². The van der Waals surface area contributed by atoms with Gasteiger partial charge in [-0.25, -0.2) is 0 Å². The van der Waals surface area contributed by atoms with Crippen molar-refractivity contribution in [3.05, 3.63) is 53.9 Å². The van der Waals surface area contributed by atoms with E-state index in [1.807, 2.05) is 0 Å². The van der Waals surface area contributed by atoms with E-state index in [-0.39, 0.29) is 12.1 Å². The quantitative estimate of drug-likeness (QED) is 0.787. The van der Waals surface area contributed by atoms with Crippen molar-refractivity contribution in [2.24, 2.45) is 0 Å². The largest absolute Gasteiger partial charge is 0.573 e. The Balaban J connectivity index is 1.65. The molecule has 1 aromatic carbocycles. The molecule has 0 saturated heterocycles. The Morgan fingerprint density at radius 2 is 1.96 bits per heavy atom. The Labute approximate surface area is 133 Å². The molecule has 124 valence electrons. The summed E-state index contributed by atoms with van der Waals surface area (Å²) in [5, 5.41) is 14.3. The van der Waals surface area contributed by atoms with Crippen LogP contribution in [-0.2, 0) is 6.54 Å². The Morgan fingerprint density at radius 1 is 1.21 bits per heavy atom. The number of carbonyl (C=O) groups is 1. The standard InChI is InChI=1S/C14H10F3N5O2/c15-14(16,17)24-10-5-3-9(4-6-10)13(23)18-8-11-12-2-1-7-19-22(12)21-20-11/h1-7H,8H2,(H,18,23). The number of hydrogen-bond donors (Lipinski definition) is 1. The highest BCUT2D eigenvalue weighted by molar-refractivity contribution is 5.94. The van der Waals surface area contributed by atoms with Crippen LogP contribution in [0.1, 0.15) is 16.1 Å². The van der Waals surface area contributed by atoms with E-state index in [1.165, 1.54) is 16.8 Å². The molecule has 0 spiro atoms. The molecule has 0 bridgehead atoms. The number of benzene rings is 1. The molecule has 0 unspecified atom stereocenters. The maximum atomic E-state index is 12.1. The Kier molecular flexibility index (Phi) is 4.02. The number of alkyl halides is 3. The van der Waals surface area contributed by atoms with Crippen molar-refractivity contribution in [3.8, 4) is 5.75 Å². The molecule has 0 saturated carbocycles. The van der Waals surface area contributed by atoms with Crippen molar-refractivity contribution < 1.29 is 22.7 Å². The Morgan fingerprint density at radius 3 is 2.67 bits per heavy atom. The van der Waals surface area contributed by atoms with Gasteiger partial charge in [-0.15, -0.1) is 22.9 Å². The topological polar surface area (TPSA) is 81.4 Å². The molecule has 10 heteroatoms. The molecule has 0 radical (unpaired) electrons. The number of ether oxygens (including phenoxy) is 1. The van der Waals surface area contributed by atoms with Gasteiger partial charge in [-0.1, -0.05) is 0 Å². The highest BCUT2D eigenvalue weighted by atomic mass is 19.4. The molecule has 3 aromatic rings. The first-order chi connectivity index (χ1) is 11.4. The first-order valence-corrected chi connectivity index (χ1v) is 6.72. The monoisotopic (exact) mass is 337 g/mol. The predicted molar refractivity (Wildman–Crippen MR) is 75.1 cm³/mol. The van der Waals surface area contributed by atoms with Gasteiger partial charge in [0.1, 0.15) is 17.0 Å². The first kappa shape index (κ1) is 15.7. The maximum Gasteiger partial charge on any atom is 0.573 e. The van der Waals surface area contributed by atoms with Crippen molar-refractivity contribution in [1.82, 2.24) is 25.4 Å². The highest BCUT2D eigenvalue weighted by Gasteiger charge is 2.31. The van der Waals surface area contributed by atoms with Crippen molar-refractivity contribution in [2.75, 3.05) is 0 Å². The number of carbonyl (C=O) groups excluding carboxylic acids is 1. The summed E-state index contributed by atoms with van der Waals surface area (Å²) < 4.78 is 41.3. The van der Waals surface area contributed by atoms with Crippen LogP contribution in [0.2, 0.25) is 0 Å². The third kappa shape index (κ3) is 3.59. The van der Waals surface area contributed by atoms with Gasteiger partial charge in [0.2, 0.25) is 0 Å². The lowest BCUT2D eigenvalue weighted by atomic mass is 10.2. The molecule has 0 aliphatic rings. The van der Waals surface area contributed by atoms with Crippen LogP contribution in [0.25, 0.3) is 5.52 Å². The minimum Gasteiger partial charge on any atom is -0.406 e. The lowest BCUT2D eigenvalue weighted by Crippen LogP contribution is -2.23. The number of nitrogens with zero attached hydrogens (tertiary/aromatic N) is 4. The van der Waals surface area contributed by atoms with Gasteiger partial charge in [0.05, 0.1) is 6.54 Å². The SMILES string of the molecule is O=C(NCc1nnn2ncccc12)c1ccc(OC(F)(F)F)cc1. The lowest BCUT2D eigenvalue weighted by molar-refractivity contribution is -0.274. The van der Waals surface area contributed by atoms with Gasteiger partial charge in [0.25, 0.3) is 5.91 Å². The zero-order valence-corrected chi connectivity index (χ0v) is 12.0. The summed E-state index contributed by atoms with van der Waals surface area (Å²) >= 11 is 0. The molecule has 24 heavy (non-hydrogen) atoms. The van der Waals surface area contributed by atoms with Crippen LogP contribution in [0, 0.1) is 0 Å². The fraction of sp³-hybridized carbons (Fsp3) is 0.143. The molecule has 0 aliphatic carbocycles. The smallest absolute Gasteiger partial charge is 0.406 e. The van der Waals surface area contributed by atoms with E-state index in [4.69, 9.17) is 0 Å². The zero-order chi connectivity index (χ0) is 17.2. The lowest BCUT2D eigenvalue weighted by Gasteiger charge is -2.09. The average molecular weight is 337 g/mol. The maximum absolute atomic E-state index is 12.1. The molecule has 3 rings (SSSR count). The summed E-state index contributed by atoms with van der Waals surface area (Å²) in [4.78, 5) is 12.0. The predicted octanol–water partition coefficient (Wildman–Crippen LogP) is 1.95. The number of halogens is 3. The zero-order valence-electron chi connectivity index (χ0n) is 12.0. The van der Waals surface area contributed by atoms with Crippen LogP contribution >= 0.6 is 0 Å². The fourth-order valence-electron chi connectivity index (χ4n) is 2.00. The molecule has 1 N–H and O–H groups in total. The van der Waals surface area contributed by atoms with E-state index in [9.17, 15) is 18.0 Å². The van der Waals surface area contributed by atoms with Crippen LogP contribution in [0.15, 0.2) is 42.6 Å². The van der Waals surface area contributed by atoms with E-state index in [0.717, 1.165) is 12.1 Å². The molecular formula is C14H10F3N5O2. The van der Waals surface area contributed by atoms with E-state index >= 15 is 0 Å². The van der Waals surface area contributed by atoms with Gasteiger partial charge in [-0.05, 0) is 41.6 Å². The minimum atomic E-state index is -4.77. The number of amides is 1. The average Bonchev–Trinajstić information content (AvgIpc) is 2.95. The molecule has 0 atom stereocenters. The first-order valence-electron chi connectivity index (χ1n) is 6.72. The summed E-state index contributed by atoms with van der Waals surface area (Å²) in [5.74, 6) is -0.854. The Hall–Kier alpha value is -3.17. The number of rotatable bonds is 4. The summed E-state index contributed by atoms with van der Waals surface area (Å²) in [7, 11) is 0. The fourth-order valence-corrected chi connectivity index (χ4v) is 2.00. The van der Waals surface area contributed by atoms with Crippen molar-refractivity contribution >= 4 is 11.4 Å². The molecule has 0 fully saturated rings. The molecule has 2 heterocycles. The van der Waals surface area contributed by atoms with Gasteiger partial charge in [-0.2, -0.15) is 5.10 Å². The number of nitrogens with one attached hydrogen (secondary N) is 1.